The second-order valence-electron chi connectivity index (χ2n) is 5.77. The second-order valence-corrected chi connectivity index (χ2v) is 5.77. The molecule has 2 rings (SSSR count). The lowest BCUT2D eigenvalue weighted by molar-refractivity contribution is -0.129. The Morgan fingerprint density at radius 3 is 2.65 bits per heavy atom. The summed E-state index contributed by atoms with van der Waals surface area (Å²) in [4.78, 5) is 24.5. The number of hydrogen-bond acceptors (Lipinski definition) is 3. The average molecular weight is 340 g/mol. The number of hydrogen-bond donors (Lipinski definition) is 3. The summed E-state index contributed by atoms with van der Waals surface area (Å²) in [5, 5.41) is 9.11. The van der Waals surface area contributed by atoms with Gasteiger partial charge in [0.1, 0.15) is 6.04 Å². The van der Waals surface area contributed by atoms with E-state index in [-0.39, 0.29) is 30.3 Å². The van der Waals surface area contributed by atoms with Gasteiger partial charge >= 0.3 is 0 Å². The summed E-state index contributed by atoms with van der Waals surface area (Å²) in [7, 11) is 0. The SMILES string of the molecule is CCCC(NC(=O)Cc1ccccc1)C(=O)NC1CCNC1.Cl. The van der Waals surface area contributed by atoms with Crippen molar-refractivity contribution >= 4 is 24.2 Å². The van der Waals surface area contributed by atoms with Crippen molar-refractivity contribution in [3.8, 4) is 0 Å². The average Bonchev–Trinajstić information content (AvgIpc) is 3.00. The molecule has 128 valence electrons. The monoisotopic (exact) mass is 339 g/mol. The van der Waals surface area contributed by atoms with Gasteiger partial charge in [-0.3, -0.25) is 9.59 Å². The molecule has 1 aliphatic heterocycles. The van der Waals surface area contributed by atoms with E-state index in [1.807, 2.05) is 37.3 Å². The molecular weight excluding hydrogens is 314 g/mol. The molecule has 5 nitrogen and oxygen atoms in total. The van der Waals surface area contributed by atoms with Crippen LogP contribution >= 0.6 is 12.4 Å². The van der Waals surface area contributed by atoms with E-state index < -0.39 is 6.04 Å². The van der Waals surface area contributed by atoms with Crippen molar-refractivity contribution in [2.75, 3.05) is 13.1 Å². The highest BCUT2D eigenvalue weighted by Gasteiger charge is 2.24. The van der Waals surface area contributed by atoms with Crippen LogP contribution in [0.1, 0.15) is 31.7 Å². The van der Waals surface area contributed by atoms with Gasteiger partial charge < -0.3 is 16.0 Å². The Balaban J connectivity index is 0.00000264. The number of amides is 2. The first-order chi connectivity index (χ1) is 10.7. The zero-order chi connectivity index (χ0) is 15.8. The lowest BCUT2D eigenvalue weighted by Gasteiger charge is -2.20. The maximum atomic E-state index is 12.3. The van der Waals surface area contributed by atoms with Crippen LogP contribution in [0.25, 0.3) is 0 Å². The van der Waals surface area contributed by atoms with Gasteiger partial charge in [0.05, 0.1) is 6.42 Å². The van der Waals surface area contributed by atoms with Gasteiger partial charge in [-0.2, -0.15) is 0 Å². The van der Waals surface area contributed by atoms with Crippen molar-refractivity contribution in [1.29, 1.82) is 0 Å². The molecule has 1 aliphatic rings. The number of benzene rings is 1. The van der Waals surface area contributed by atoms with Crippen molar-refractivity contribution in [1.82, 2.24) is 16.0 Å². The second kappa shape index (κ2) is 10.2. The van der Waals surface area contributed by atoms with Gasteiger partial charge in [0, 0.05) is 12.6 Å². The van der Waals surface area contributed by atoms with Crippen LogP contribution < -0.4 is 16.0 Å². The summed E-state index contributed by atoms with van der Waals surface area (Å²) in [5.41, 5.74) is 0.954. The zero-order valence-electron chi connectivity index (χ0n) is 13.5. The molecule has 1 fully saturated rings. The first-order valence-electron chi connectivity index (χ1n) is 8.03. The highest BCUT2D eigenvalue weighted by molar-refractivity contribution is 5.88. The van der Waals surface area contributed by atoms with Crippen LogP contribution in [0.5, 0.6) is 0 Å². The first kappa shape index (κ1) is 19.5. The highest BCUT2D eigenvalue weighted by Crippen LogP contribution is 2.04. The Bertz CT molecular complexity index is 490. The van der Waals surface area contributed by atoms with Gasteiger partial charge in [-0.15, -0.1) is 12.4 Å². The van der Waals surface area contributed by atoms with E-state index in [1.165, 1.54) is 0 Å². The largest absolute Gasteiger partial charge is 0.350 e. The molecular formula is C17H26ClN3O2. The predicted octanol–water partition coefficient (Wildman–Crippen LogP) is 1.41. The van der Waals surface area contributed by atoms with E-state index in [0.717, 1.165) is 31.5 Å². The Hall–Kier alpha value is -1.59. The van der Waals surface area contributed by atoms with Crippen molar-refractivity contribution in [2.24, 2.45) is 0 Å². The standard InChI is InChI=1S/C17H25N3O2.ClH/c1-2-6-15(17(22)19-14-9-10-18-12-14)20-16(21)11-13-7-4-3-5-8-13;/h3-5,7-8,14-15,18H,2,6,9-12H2,1H3,(H,19,22)(H,20,21);1H. The molecule has 0 aromatic heterocycles. The lowest BCUT2D eigenvalue weighted by Crippen LogP contribution is -2.50. The molecule has 1 saturated heterocycles. The van der Waals surface area contributed by atoms with E-state index in [4.69, 9.17) is 0 Å². The van der Waals surface area contributed by atoms with Gasteiger partial charge in [0.15, 0.2) is 0 Å². The Labute approximate surface area is 144 Å². The molecule has 0 saturated carbocycles. The smallest absolute Gasteiger partial charge is 0.242 e. The fourth-order valence-electron chi connectivity index (χ4n) is 2.66. The zero-order valence-corrected chi connectivity index (χ0v) is 14.3. The third-order valence-corrected chi connectivity index (χ3v) is 3.84. The fourth-order valence-corrected chi connectivity index (χ4v) is 2.66. The van der Waals surface area contributed by atoms with Gasteiger partial charge in [-0.1, -0.05) is 43.7 Å². The molecule has 1 heterocycles. The lowest BCUT2D eigenvalue weighted by atomic mass is 10.1. The summed E-state index contributed by atoms with van der Waals surface area (Å²) in [5.74, 6) is -0.179. The molecule has 23 heavy (non-hydrogen) atoms. The van der Waals surface area contributed by atoms with E-state index in [2.05, 4.69) is 16.0 Å². The number of carbonyl (C=O) groups is 2. The van der Waals surface area contributed by atoms with E-state index in [0.29, 0.717) is 12.8 Å². The maximum absolute atomic E-state index is 12.3. The van der Waals surface area contributed by atoms with Gasteiger partial charge in [-0.25, -0.2) is 0 Å². The Kier molecular flexibility index (Phi) is 8.66. The summed E-state index contributed by atoms with van der Waals surface area (Å²) < 4.78 is 0. The van der Waals surface area contributed by atoms with E-state index in [9.17, 15) is 9.59 Å². The molecule has 0 spiro atoms. The summed E-state index contributed by atoms with van der Waals surface area (Å²) in [6, 6.07) is 9.30. The molecule has 2 amide bonds. The van der Waals surface area contributed by atoms with Crippen LogP contribution in [0.15, 0.2) is 30.3 Å². The minimum absolute atomic E-state index is 0. The van der Waals surface area contributed by atoms with Crippen LogP contribution in [0, 0.1) is 0 Å². The summed E-state index contributed by atoms with van der Waals surface area (Å²) in [6.45, 7) is 3.76. The van der Waals surface area contributed by atoms with Crippen molar-refractivity contribution < 1.29 is 9.59 Å². The van der Waals surface area contributed by atoms with Gasteiger partial charge in [0.2, 0.25) is 11.8 Å². The molecule has 2 atom stereocenters. The molecule has 1 aromatic rings. The molecule has 3 N–H and O–H groups in total. The fraction of sp³-hybridized carbons (Fsp3) is 0.529. The summed E-state index contributed by atoms with van der Waals surface area (Å²) in [6.07, 6.45) is 2.76. The normalized spacial score (nSPS) is 17.9. The molecule has 2 unspecified atom stereocenters. The van der Waals surface area contributed by atoms with Crippen LogP contribution in [0.2, 0.25) is 0 Å². The van der Waals surface area contributed by atoms with Crippen molar-refractivity contribution in [3.05, 3.63) is 35.9 Å². The minimum Gasteiger partial charge on any atom is -0.350 e. The predicted molar refractivity (Wildman–Crippen MR) is 93.7 cm³/mol. The van der Waals surface area contributed by atoms with Crippen LogP contribution in [-0.2, 0) is 16.0 Å². The van der Waals surface area contributed by atoms with Crippen molar-refractivity contribution in [3.63, 3.8) is 0 Å². The van der Waals surface area contributed by atoms with Gasteiger partial charge in [0.25, 0.3) is 0 Å². The maximum Gasteiger partial charge on any atom is 0.242 e. The molecule has 0 radical (unpaired) electrons. The first-order valence-corrected chi connectivity index (χ1v) is 8.03. The van der Waals surface area contributed by atoms with Crippen LogP contribution in [0.4, 0.5) is 0 Å². The number of rotatable bonds is 7. The quantitative estimate of drug-likeness (QED) is 0.703. The van der Waals surface area contributed by atoms with Gasteiger partial charge in [-0.05, 0) is 24.9 Å². The van der Waals surface area contributed by atoms with Crippen molar-refractivity contribution in [2.45, 2.75) is 44.7 Å². The third kappa shape index (κ3) is 6.59. The summed E-state index contributed by atoms with van der Waals surface area (Å²) >= 11 is 0. The molecule has 6 heteroatoms. The van der Waals surface area contributed by atoms with E-state index >= 15 is 0 Å². The number of nitrogens with one attached hydrogen (secondary N) is 3. The Morgan fingerprint density at radius 1 is 1.30 bits per heavy atom. The third-order valence-electron chi connectivity index (χ3n) is 3.84. The molecule has 0 bridgehead atoms. The van der Waals surface area contributed by atoms with E-state index in [1.54, 1.807) is 0 Å². The number of halogens is 1. The molecule has 1 aromatic carbocycles. The highest BCUT2D eigenvalue weighted by atomic mass is 35.5. The molecule has 0 aliphatic carbocycles. The minimum atomic E-state index is -0.443. The van der Waals surface area contributed by atoms with Crippen LogP contribution in [0.3, 0.4) is 0 Å². The topological polar surface area (TPSA) is 70.2 Å². The Morgan fingerprint density at radius 2 is 2.04 bits per heavy atom. The van der Waals surface area contributed by atoms with Crippen LogP contribution in [-0.4, -0.2) is 37.0 Å². The number of carbonyl (C=O) groups excluding carboxylic acids is 2.